The zero-order valence-electron chi connectivity index (χ0n) is 16.0. The van der Waals surface area contributed by atoms with E-state index in [2.05, 4.69) is 15.0 Å². The molecule has 27 heavy (non-hydrogen) atoms. The maximum absolute atomic E-state index is 12.8. The van der Waals surface area contributed by atoms with Gasteiger partial charge in [0.2, 0.25) is 10.0 Å². The van der Waals surface area contributed by atoms with Gasteiger partial charge in [-0.25, -0.2) is 13.1 Å². The van der Waals surface area contributed by atoms with Crippen LogP contribution in [0.2, 0.25) is 0 Å². The first-order valence-corrected chi connectivity index (χ1v) is 10.6. The average molecular weight is 529 g/mol. The van der Waals surface area contributed by atoms with Crippen LogP contribution in [0, 0.1) is 0 Å². The fourth-order valence-electron chi connectivity index (χ4n) is 2.55. The summed E-state index contributed by atoms with van der Waals surface area (Å²) in [7, 11) is -3.20. The highest BCUT2D eigenvalue weighted by Gasteiger charge is 2.41. The molecule has 1 aliphatic rings. The number of hydrogen-bond acceptors (Lipinski definition) is 4. The molecule has 0 saturated carbocycles. The third-order valence-corrected chi connectivity index (χ3v) is 5.67. The van der Waals surface area contributed by atoms with Crippen molar-refractivity contribution >= 4 is 40.0 Å². The van der Waals surface area contributed by atoms with Gasteiger partial charge in [0.1, 0.15) is 6.04 Å². The van der Waals surface area contributed by atoms with Crippen molar-refractivity contribution in [1.29, 1.82) is 0 Å². The fourth-order valence-corrected chi connectivity index (χ4v) is 3.21. The minimum Gasteiger partial charge on any atom is -0.357 e. The highest BCUT2D eigenvalue weighted by molar-refractivity contribution is 14.0. The maximum atomic E-state index is 12.8. The number of aliphatic imine (C=N–C) groups is 1. The number of halogens is 4. The van der Waals surface area contributed by atoms with Gasteiger partial charge in [-0.05, 0) is 27.2 Å². The lowest BCUT2D eigenvalue weighted by Crippen LogP contribution is -2.56. The van der Waals surface area contributed by atoms with Gasteiger partial charge in [0.25, 0.3) is 0 Å². The molecule has 7 nitrogen and oxygen atoms in total. The SMILES string of the molecule is CCNC(=NCCCNS(=O)(=O)CC)N1CCN(C(C)C(F)(F)F)CC1.I. The van der Waals surface area contributed by atoms with Crippen LogP contribution in [0.15, 0.2) is 4.99 Å². The lowest BCUT2D eigenvalue weighted by molar-refractivity contribution is -0.181. The first-order chi connectivity index (χ1) is 12.1. The van der Waals surface area contributed by atoms with E-state index in [0.29, 0.717) is 58.2 Å². The lowest BCUT2D eigenvalue weighted by atomic mass is 10.2. The van der Waals surface area contributed by atoms with Crippen LogP contribution in [0.4, 0.5) is 13.2 Å². The van der Waals surface area contributed by atoms with Crippen LogP contribution in [0.25, 0.3) is 0 Å². The molecule has 0 amide bonds. The predicted molar refractivity (Wildman–Crippen MR) is 112 cm³/mol. The van der Waals surface area contributed by atoms with E-state index < -0.39 is 22.2 Å². The zero-order valence-corrected chi connectivity index (χ0v) is 19.2. The summed E-state index contributed by atoms with van der Waals surface area (Å²) < 4.78 is 63.6. The second kappa shape index (κ2) is 12.3. The molecule has 2 N–H and O–H groups in total. The van der Waals surface area contributed by atoms with Crippen LogP contribution in [-0.4, -0.2) is 88.0 Å². The van der Waals surface area contributed by atoms with Gasteiger partial charge in [-0.3, -0.25) is 9.89 Å². The van der Waals surface area contributed by atoms with E-state index in [-0.39, 0.29) is 29.7 Å². The number of sulfonamides is 1. The molecule has 0 bridgehead atoms. The third kappa shape index (κ3) is 9.61. The Balaban J connectivity index is 0.00000676. The van der Waals surface area contributed by atoms with E-state index in [0.717, 1.165) is 0 Å². The predicted octanol–water partition coefficient (Wildman–Crippen LogP) is 1.47. The van der Waals surface area contributed by atoms with Gasteiger partial charge in [-0.2, -0.15) is 13.2 Å². The Morgan fingerprint density at radius 3 is 2.26 bits per heavy atom. The van der Waals surface area contributed by atoms with Gasteiger partial charge in [0, 0.05) is 45.8 Å². The van der Waals surface area contributed by atoms with Gasteiger partial charge >= 0.3 is 6.18 Å². The zero-order chi connectivity index (χ0) is 19.8. The molecule has 0 radical (unpaired) electrons. The largest absolute Gasteiger partial charge is 0.403 e. The van der Waals surface area contributed by atoms with Gasteiger partial charge in [0.15, 0.2) is 5.96 Å². The summed E-state index contributed by atoms with van der Waals surface area (Å²) in [5.74, 6) is 0.699. The molecule has 1 unspecified atom stereocenters. The fraction of sp³-hybridized carbons (Fsp3) is 0.933. The Morgan fingerprint density at radius 2 is 1.78 bits per heavy atom. The second-order valence-corrected chi connectivity index (χ2v) is 8.22. The Morgan fingerprint density at radius 1 is 1.19 bits per heavy atom. The smallest absolute Gasteiger partial charge is 0.357 e. The highest BCUT2D eigenvalue weighted by Crippen LogP contribution is 2.25. The van der Waals surface area contributed by atoms with Crippen molar-refractivity contribution in [3.63, 3.8) is 0 Å². The van der Waals surface area contributed by atoms with E-state index in [1.54, 1.807) is 6.92 Å². The number of guanidine groups is 1. The quantitative estimate of drug-likeness (QED) is 0.216. The summed E-state index contributed by atoms with van der Waals surface area (Å²) in [6.07, 6.45) is -3.66. The first-order valence-electron chi connectivity index (χ1n) is 8.92. The van der Waals surface area contributed by atoms with Crippen molar-refractivity contribution < 1.29 is 21.6 Å². The van der Waals surface area contributed by atoms with Crippen molar-refractivity contribution in [1.82, 2.24) is 19.8 Å². The molecule has 0 spiro atoms. The van der Waals surface area contributed by atoms with Gasteiger partial charge in [-0.1, -0.05) is 0 Å². The number of rotatable bonds is 8. The number of nitrogens with zero attached hydrogens (tertiary/aromatic N) is 3. The van der Waals surface area contributed by atoms with Crippen molar-refractivity contribution in [3.05, 3.63) is 0 Å². The van der Waals surface area contributed by atoms with Crippen LogP contribution in [0.1, 0.15) is 27.2 Å². The molecule has 0 aromatic rings. The van der Waals surface area contributed by atoms with Gasteiger partial charge in [-0.15, -0.1) is 24.0 Å². The van der Waals surface area contributed by atoms with E-state index in [1.807, 2.05) is 11.8 Å². The second-order valence-electron chi connectivity index (χ2n) is 6.13. The van der Waals surface area contributed by atoms with Crippen molar-refractivity contribution in [2.45, 2.75) is 39.4 Å². The van der Waals surface area contributed by atoms with Gasteiger partial charge < -0.3 is 10.2 Å². The summed E-state index contributed by atoms with van der Waals surface area (Å²) in [5.41, 5.74) is 0. The van der Waals surface area contributed by atoms with E-state index in [9.17, 15) is 21.6 Å². The van der Waals surface area contributed by atoms with Crippen LogP contribution in [0.5, 0.6) is 0 Å². The molecule has 0 aromatic heterocycles. The molecule has 0 aliphatic carbocycles. The molecule has 12 heteroatoms. The standard InChI is InChI=1S/C15H30F3N5O2S.HI/c1-4-19-14(20-7-6-8-21-26(24,25)5-2)23-11-9-22(10-12-23)13(3)15(16,17)18;/h13,21H,4-12H2,1-3H3,(H,19,20);1H. The first kappa shape index (κ1) is 26.7. The molecular weight excluding hydrogens is 498 g/mol. The summed E-state index contributed by atoms with van der Waals surface area (Å²) >= 11 is 0. The number of nitrogens with one attached hydrogen (secondary N) is 2. The average Bonchev–Trinajstić information content (AvgIpc) is 2.59. The molecular formula is C15H31F3IN5O2S. The molecule has 1 heterocycles. The summed E-state index contributed by atoms with van der Waals surface area (Å²) in [5, 5.41) is 3.14. The minimum absolute atomic E-state index is 0. The molecule has 1 rings (SSSR count). The summed E-state index contributed by atoms with van der Waals surface area (Å²) in [6, 6.07) is -1.45. The number of alkyl halides is 3. The normalized spacial score (nSPS) is 18.1. The van der Waals surface area contributed by atoms with Crippen LogP contribution in [-0.2, 0) is 10.0 Å². The molecule has 1 atom stereocenters. The third-order valence-electron chi connectivity index (χ3n) is 4.27. The van der Waals surface area contributed by atoms with Crippen molar-refractivity contribution in [3.8, 4) is 0 Å². The summed E-state index contributed by atoms with van der Waals surface area (Å²) in [4.78, 5) is 7.83. The van der Waals surface area contributed by atoms with E-state index >= 15 is 0 Å². The molecule has 0 aromatic carbocycles. The van der Waals surface area contributed by atoms with Gasteiger partial charge in [0.05, 0.1) is 5.75 Å². The molecule has 1 fully saturated rings. The minimum atomic E-state index is -4.22. The van der Waals surface area contributed by atoms with E-state index in [1.165, 1.54) is 11.8 Å². The monoisotopic (exact) mass is 529 g/mol. The van der Waals surface area contributed by atoms with Crippen LogP contribution in [0.3, 0.4) is 0 Å². The summed E-state index contributed by atoms with van der Waals surface area (Å²) in [6.45, 7) is 7.67. The molecule has 162 valence electrons. The lowest BCUT2D eigenvalue weighted by Gasteiger charge is -2.39. The van der Waals surface area contributed by atoms with Crippen LogP contribution < -0.4 is 10.0 Å². The Bertz CT molecular complexity index is 552. The van der Waals surface area contributed by atoms with Crippen molar-refractivity contribution in [2.75, 3.05) is 51.6 Å². The van der Waals surface area contributed by atoms with Crippen molar-refractivity contribution in [2.24, 2.45) is 4.99 Å². The van der Waals surface area contributed by atoms with Crippen LogP contribution >= 0.6 is 24.0 Å². The molecule has 1 aliphatic heterocycles. The Labute approximate surface area is 177 Å². The van der Waals surface area contributed by atoms with E-state index in [4.69, 9.17) is 0 Å². The topological polar surface area (TPSA) is 77.0 Å². The molecule has 1 saturated heterocycles. The Hall–Kier alpha value is -0.340. The number of piperazine rings is 1. The highest BCUT2D eigenvalue weighted by atomic mass is 127. The Kier molecular flexibility index (Phi) is 12.1. The number of hydrogen-bond donors (Lipinski definition) is 2. The maximum Gasteiger partial charge on any atom is 0.403 e.